The first-order valence-electron chi connectivity index (χ1n) is 7.97. The highest BCUT2D eigenvalue weighted by molar-refractivity contribution is 7.71. The Bertz CT molecular complexity index is 1110. The van der Waals surface area contributed by atoms with Gasteiger partial charge in [0.15, 0.2) is 5.78 Å². The maximum atomic E-state index is 13.2. The fourth-order valence-corrected chi connectivity index (χ4v) is 3.23. The summed E-state index contributed by atoms with van der Waals surface area (Å²) < 4.78 is 6.64. The molecule has 1 aromatic heterocycles. The van der Waals surface area contributed by atoms with Crippen molar-refractivity contribution in [3.63, 3.8) is 0 Å². The van der Waals surface area contributed by atoms with Crippen molar-refractivity contribution >= 4 is 29.0 Å². The molecule has 0 amide bonds. The predicted molar refractivity (Wildman–Crippen MR) is 102 cm³/mol. The van der Waals surface area contributed by atoms with E-state index in [2.05, 4.69) is 0 Å². The molecule has 0 bridgehead atoms. The van der Waals surface area contributed by atoms with Gasteiger partial charge in [-0.3, -0.25) is 4.79 Å². The molecule has 0 atom stereocenters. The summed E-state index contributed by atoms with van der Waals surface area (Å²) in [7, 11) is 0. The van der Waals surface area contributed by atoms with Gasteiger partial charge in [0.2, 0.25) is 0 Å². The maximum Gasteiger partial charge on any atom is 0.198 e. The number of para-hydroxylation sites is 1. The van der Waals surface area contributed by atoms with E-state index in [4.69, 9.17) is 16.6 Å². The summed E-state index contributed by atoms with van der Waals surface area (Å²) in [6.07, 6.45) is 0. The Hall–Kier alpha value is -3.04. The Morgan fingerprint density at radius 2 is 1.36 bits per heavy atom. The van der Waals surface area contributed by atoms with Crippen LogP contribution in [0.15, 0.2) is 89.3 Å². The van der Waals surface area contributed by atoms with Crippen LogP contribution in [0, 0.1) is 4.51 Å². The average molecular weight is 342 g/mol. The number of hydrogen-bond acceptors (Lipinski definition) is 3. The zero-order valence-corrected chi connectivity index (χ0v) is 14.1. The van der Waals surface area contributed by atoms with Gasteiger partial charge in [0.05, 0.1) is 10.1 Å². The smallest absolute Gasteiger partial charge is 0.198 e. The lowest BCUT2D eigenvalue weighted by Crippen LogP contribution is -2.05. The summed E-state index contributed by atoms with van der Waals surface area (Å²) in [5, 5.41) is 0.775. The van der Waals surface area contributed by atoms with E-state index in [1.165, 1.54) is 0 Å². The highest BCUT2D eigenvalue weighted by atomic mass is 32.1. The number of fused-ring (bicyclic) bond motifs is 1. The third-order valence-electron chi connectivity index (χ3n) is 4.10. The summed E-state index contributed by atoms with van der Waals surface area (Å²) >= 11 is 5.68. The van der Waals surface area contributed by atoms with Crippen LogP contribution in [-0.2, 0) is 0 Å². The topological polar surface area (TPSA) is 30.2 Å². The van der Waals surface area contributed by atoms with Gasteiger partial charge in [-0.2, -0.15) is 0 Å². The van der Waals surface area contributed by atoms with E-state index in [1.54, 1.807) is 12.1 Å². The Morgan fingerprint density at radius 1 is 0.760 bits per heavy atom. The molecule has 0 saturated carbocycles. The van der Waals surface area contributed by atoms with Crippen molar-refractivity contribution < 1.29 is 9.21 Å². The average Bonchev–Trinajstić information content (AvgIpc) is 2.69. The molecule has 0 fully saturated rings. The van der Waals surface area contributed by atoms with Crippen LogP contribution in [0.4, 0.5) is 0 Å². The number of hydrogen-bond donors (Lipinski definition) is 0. The third-order valence-corrected chi connectivity index (χ3v) is 4.52. The largest absolute Gasteiger partial charge is 0.455 e. The summed E-state index contributed by atoms with van der Waals surface area (Å²) in [6, 6.07) is 26.3. The lowest BCUT2D eigenvalue weighted by atomic mass is 9.98. The van der Waals surface area contributed by atoms with E-state index in [0.29, 0.717) is 27.0 Å². The second kappa shape index (κ2) is 6.46. The molecule has 0 aliphatic heterocycles. The molecule has 4 aromatic rings. The van der Waals surface area contributed by atoms with Gasteiger partial charge in [-0.05, 0) is 12.1 Å². The van der Waals surface area contributed by atoms with Gasteiger partial charge in [-0.25, -0.2) is 0 Å². The second-order valence-corrected chi connectivity index (χ2v) is 6.10. The van der Waals surface area contributed by atoms with Crippen molar-refractivity contribution in [2.45, 2.75) is 0 Å². The molecular formula is C22H14O2S. The number of rotatable bonds is 3. The van der Waals surface area contributed by atoms with Crippen LogP contribution < -0.4 is 0 Å². The Morgan fingerprint density at radius 3 is 2.08 bits per heavy atom. The lowest BCUT2D eigenvalue weighted by Gasteiger charge is -2.11. The third kappa shape index (κ3) is 2.79. The number of ketones is 1. The Kier molecular flexibility index (Phi) is 4.00. The summed E-state index contributed by atoms with van der Waals surface area (Å²) in [6.45, 7) is 0. The predicted octanol–water partition coefficient (Wildman–Crippen LogP) is 6.06. The summed E-state index contributed by atoms with van der Waals surface area (Å²) in [5.74, 6) is 0.386. The van der Waals surface area contributed by atoms with Crippen LogP contribution in [-0.4, -0.2) is 5.78 Å². The molecule has 0 saturated heterocycles. The fourth-order valence-electron chi connectivity index (χ4n) is 2.87. The number of carbonyl (C=O) groups excluding carboxylic acids is 1. The van der Waals surface area contributed by atoms with Crippen molar-refractivity contribution in [1.29, 1.82) is 0 Å². The van der Waals surface area contributed by atoms with Crippen LogP contribution in [0.2, 0.25) is 0 Å². The highest BCUT2D eigenvalue weighted by Crippen LogP contribution is 2.32. The first kappa shape index (κ1) is 15.5. The van der Waals surface area contributed by atoms with Gasteiger partial charge in [0, 0.05) is 16.5 Å². The zero-order chi connectivity index (χ0) is 17.2. The first-order valence-corrected chi connectivity index (χ1v) is 8.37. The molecule has 25 heavy (non-hydrogen) atoms. The molecule has 0 aliphatic carbocycles. The molecule has 4 rings (SSSR count). The minimum Gasteiger partial charge on any atom is -0.455 e. The monoisotopic (exact) mass is 342 g/mol. The first-order chi connectivity index (χ1) is 12.3. The fraction of sp³-hybridized carbons (Fsp3) is 0. The molecule has 2 nitrogen and oxygen atoms in total. The molecule has 120 valence electrons. The molecule has 3 aromatic carbocycles. The van der Waals surface area contributed by atoms with Crippen molar-refractivity contribution in [1.82, 2.24) is 0 Å². The van der Waals surface area contributed by atoms with E-state index in [9.17, 15) is 4.79 Å². The van der Waals surface area contributed by atoms with Crippen molar-refractivity contribution in [2.75, 3.05) is 0 Å². The molecule has 0 radical (unpaired) electrons. The number of carbonyl (C=O) groups is 1. The van der Waals surface area contributed by atoms with Crippen molar-refractivity contribution in [3.8, 4) is 11.3 Å². The normalized spacial score (nSPS) is 10.7. The van der Waals surface area contributed by atoms with Gasteiger partial charge < -0.3 is 4.42 Å². The van der Waals surface area contributed by atoms with E-state index < -0.39 is 0 Å². The van der Waals surface area contributed by atoms with Crippen molar-refractivity contribution in [3.05, 3.63) is 101 Å². The summed E-state index contributed by atoms with van der Waals surface area (Å²) in [5.41, 5.74) is 2.54. The van der Waals surface area contributed by atoms with Crippen LogP contribution in [0.1, 0.15) is 15.9 Å². The standard InChI is InChI=1S/C22H14O2S/c23-20(15-9-3-1-4-10-15)19-21(16-11-5-2-6-12-16)24-18-14-8-7-13-17(18)22(19)25/h1-14H. The number of benzene rings is 3. The van der Waals surface area contributed by atoms with Gasteiger partial charge in [0.25, 0.3) is 0 Å². The molecule has 0 spiro atoms. The minimum absolute atomic E-state index is 0.126. The van der Waals surface area contributed by atoms with Crippen LogP contribution >= 0.6 is 12.2 Å². The van der Waals surface area contributed by atoms with Gasteiger partial charge in [0.1, 0.15) is 11.3 Å². The van der Waals surface area contributed by atoms with Crippen molar-refractivity contribution in [2.24, 2.45) is 0 Å². The van der Waals surface area contributed by atoms with E-state index >= 15 is 0 Å². The van der Waals surface area contributed by atoms with E-state index in [1.807, 2.05) is 72.8 Å². The quantitative estimate of drug-likeness (QED) is 0.335. The van der Waals surface area contributed by atoms with Crippen LogP contribution in [0.5, 0.6) is 0 Å². The highest BCUT2D eigenvalue weighted by Gasteiger charge is 2.21. The van der Waals surface area contributed by atoms with Gasteiger partial charge in [-0.1, -0.05) is 85.0 Å². The van der Waals surface area contributed by atoms with Crippen LogP contribution in [0.3, 0.4) is 0 Å². The molecule has 1 heterocycles. The molecule has 0 unspecified atom stereocenters. The van der Waals surface area contributed by atoms with E-state index in [-0.39, 0.29) is 5.78 Å². The lowest BCUT2D eigenvalue weighted by molar-refractivity contribution is 0.103. The molecule has 0 aliphatic rings. The Labute approximate surface area is 150 Å². The van der Waals surface area contributed by atoms with Crippen LogP contribution in [0.25, 0.3) is 22.3 Å². The SMILES string of the molecule is O=C(c1ccccc1)c1c(-c2ccccc2)oc2ccccc2c1=S. The van der Waals surface area contributed by atoms with Gasteiger partial charge >= 0.3 is 0 Å². The minimum atomic E-state index is -0.126. The molecular weight excluding hydrogens is 328 g/mol. The molecule has 3 heteroatoms. The second-order valence-electron chi connectivity index (χ2n) is 5.69. The van der Waals surface area contributed by atoms with E-state index in [0.717, 1.165) is 10.9 Å². The Balaban J connectivity index is 2.06. The maximum absolute atomic E-state index is 13.2. The molecule has 0 N–H and O–H groups in total. The summed E-state index contributed by atoms with van der Waals surface area (Å²) in [4.78, 5) is 13.2. The van der Waals surface area contributed by atoms with Gasteiger partial charge in [-0.15, -0.1) is 0 Å². The zero-order valence-electron chi connectivity index (χ0n) is 13.3.